The first-order valence-corrected chi connectivity index (χ1v) is 9.86. The Bertz CT molecular complexity index is 837. The number of aromatic nitrogens is 2. The smallest absolute Gasteiger partial charge is 0.227 e. The Hall–Kier alpha value is -2.44. The number of aromatic amines is 1. The van der Waals surface area contributed by atoms with Crippen LogP contribution in [0.4, 0.5) is 5.69 Å². The van der Waals surface area contributed by atoms with Crippen LogP contribution in [0.15, 0.2) is 53.4 Å². The fraction of sp³-hybridized carbons (Fsp3) is 0.300. The number of thiophene rings is 1. The van der Waals surface area contributed by atoms with E-state index in [1.54, 1.807) is 17.5 Å². The summed E-state index contributed by atoms with van der Waals surface area (Å²) < 4.78 is 0. The van der Waals surface area contributed by atoms with Gasteiger partial charge in [0.1, 0.15) is 0 Å². The average molecular weight is 366 g/mol. The van der Waals surface area contributed by atoms with E-state index in [9.17, 15) is 4.79 Å². The van der Waals surface area contributed by atoms with Gasteiger partial charge in [-0.25, -0.2) is 0 Å². The second kappa shape index (κ2) is 7.85. The standard InChI is InChI=1S/C20H22N4OS/c25-20(16-5-9-24(10-6-16)13-15-7-11-26-14-15)22-18-3-1-2-17(12-18)19-4-8-21-23-19/h1-4,7-8,11-12,14,16H,5-6,9-10,13H2,(H,21,23)(H,22,25). The summed E-state index contributed by atoms with van der Waals surface area (Å²) in [5, 5.41) is 14.3. The lowest BCUT2D eigenvalue weighted by Crippen LogP contribution is -2.37. The lowest BCUT2D eigenvalue weighted by Gasteiger charge is -2.31. The second-order valence-corrected chi connectivity index (χ2v) is 7.50. The van der Waals surface area contributed by atoms with Crippen LogP contribution >= 0.6 is 11.3 Å². The molecule has 3 aromatic rings. The molecule has 1 aliphatic heterocycles. The van der Waals surface area contributed by atoms with Gasteiger partial charge in [0.2, 0.25) is 5.91 Å². The van der Waals surface area contributed by atoms with Crippen molar-refractivity contribution in [1.82, 2.24) is 15.1 Å². The highest BCUT2D eigenvalue weighted by molar-refractivity contribution is 7.07. The molecule has 1 saturated heterocycles. The van der Waals surface area contributed by atoms with Crippen molar-refractivity contribution in [3.63, 3.8) is 0 Å². The van der Waals surface area contributed by atoms with E-state index in [4.69, 9.17) is 0 Å². The van der Waals surface area contributed by atoms with Crippen molar-refractivity contribution in [1.29, 1.82) is 0 Å². The number of hydrogen-bond acceptors (Lipinski definition) is 4. The van der Waals surface area contributed by atoms with E-state index in [0.717, 1.165) is 49.4 Å². The largest absolute Gasteiger partial charge is 0.326 e. The van der Waals surface area contributed by atoms with Gasteiger partial charge in [0, 0.05) is 29.9 Å². The van der Waals surface area contributed by atoms with Gasteiger partial charge in [-0.15, -0.1) is 0 Å². The predicted octanol–water partition coefficient (Wildman–Crippen LogP) is 3.99. The Kier molecular flexibility index (Phi) is 5.13. The minimum Gasteiger partial charge on any atom is -0.326 e. The molecule has 0 saturated carbocycles. The highest BCUT2D eigenvalue weighted by Crippen LogP contribution is 2.24. The van der Waals surface area contributed by atoms with Crippen LogP contribution in [0.1, 0.15) is 18.4 Å². The van der Waals surface area contributed by atoms with Crippen molar-refractivity contribution >= 4 is 22.9 Å². The summed E-state index contributed by atoms with van der Waals surface area (Å²) in [5.41, 5.74) is 4.17. The van der Waals surface area contributed by atoms with Gasteiger partial charge in [0.05, 0.1) is 5.69 Å². The van der Waals surface area contributed by atoms with E-state index in [2.05, 4.69) is 37.2 Å². The van der Waals surface area contributed by atoms with E-state index >= 15 is 0 Å². The van der Waals surface area contributed by atoms with Crippen LogP contribution < -0.4 is 5.32 Å². The van der Waals surface area contributed by atoms with Crippen LogP contribution in [0.2, 0.25) is 0 Å². The molecule has 0 bridgehead atoms. The Morgan fingerprint density at radius 3 is 2.88 bits per heavy atom. The van der Waals surface area contributed by atoms with Gasteiger partial charge in [-0.05, 0) is 66.5 Å². The summed E-state index contributed by atoms with van der Waals surface area (Å²) in [4.78, 5) is 15.1. The summed E-state index contributed by atoms with van der Waals surface area (Å²) >= 11 is 1.74. The first-order chi connectivity index (χ1) is 12.8. The molecule has 1 amide bonds. The molecule has 26 heavy (non-hydrogen) atoms. The molecule has 0 spiro atoms. The van der Waals surface area contributed by atoms with Crippen LogP contribution in [0, 0.1) is 5.92 Å². The lowest BCUT2D eigenvalue weighted by atomic mass is 9.95. The quantitative estimate of drug-likeness (QED) is 0.718. The van der Waals surface area contributed by atoms with E-state index < -0.39 is 0 Å². The highest BCUT2D eigenvalue weighted by Gasteiger charge is 2.25. The van der Waals surface area contributed by atoms with Gasteiger partial charge in [0.15, 0.2) is 0 Å². The average Bonchev–Trinajstić information content (AvgIpc) is 3.37. The molecule has 134 valence electrons. The number of H-pyrrole nitrogens is 1. The van der Waals surface area contributed by atoms with E-state index in [1.165, 1.54) is 5.56 Å². The first kappa shape index (κ1) is 17.0. The fourth-order valence-electron chi connectivity index (χ4n) is 3.42. The minimum atomic E-state index is 0.0875. The van der Waals surface area contributed by atoms with Gasteiger partial charge in [-0.3, -0.25) is 14.8 Å². The summed E-state index contributed by atoms with van der Waals surface area (Å²) in [6.45, 7) is 2.94. The molecule has 6 heteroatoms. The lowest BCUT2D eigenvalue weighted by molar-refractivity contribution is -0.121. The third kappa shape index (κ3) is 4.03. The van der Waals surface area contributed by atoms with Gasteiger partial charge in [-0.1, -0.05) is 12.1 Å². The van der Waals surface area contributed by atoms with Crippen molar-refractivity contribution in [3.05, 3.63) is 58.9 Å². The number of hydrogen-bond donors (Lipinski definition) is 2. The SMILES string of the molecule is O=C(Nc1cccc(-c2ccn[nH]2)c1)C1CCN(Cc2ccsc2)CC1. The molecule has 1 aromatic carbocycles. The van der Waals surface area contributed by atoms with E-state index in [-0.39, 0.29) is 11.8 Å². The normalized spacial score (nSPS) is 15.8. The summed E-state index contributed by atoms with van der Waals surface area (Å²) in [7, 11) is 0. The Morgan fingerprint density at radius 2 is 2.15 bits per heavy atom. The van der Waals surface area contributed by atoms with Crippen LogP contribution in [-0.2, 0) is 11.3 Å². The number of amides is 1. The molecular weight excluding hydrogens is 344 g/mol. The first-order valence-electron chi connectivity index (χ1n) is 8.92. The third-order valence-electron chi connectivity index (χ3n) is 4.89. The number of anilines is 1. The van der Waals surface area contributed by atoms with Crippen LogP contribution in [-0.4, -0.2) is 34.1 Å². The monoisotopic (exact) mass is 366 g/mol. The predicted molar refractivity (Wildman–Crippen MR) is 105 cm³/mol. The zero-order valence-corrected chi connectivity index (χ0v) is 15.3. The zero-order chi connectivity index (χ0) is 17.8. The molecule has 1 fully saturated rings. The Balaban J connectivity index is 1.32. The molecule has 0 atom stereocenters. The number of nitrogens with zero attached hydrogens (tertiary/aromatic N) is 2. The zero-order valence-electron chi connectivity index (χ0n) is 14.5. The Labute approximate surface area is 157 Å². The third-order valence-corrected chi connectivity index (χ3v) is 5.62. The molecule has 2 aromatic heterocycles. The number of rotatable bonds is 5. The molecule has 1 aliphatic rings. The maximum absolute atomic E-state index is 12.6. The van der Waals surface area contributed by atoms with Gasteiger partial charge in [0.25, 0.3) is 0 Å². The molecule has 3 heterocycles. The van der Waals surface area contributed by atoms with Crippen molar-refractivity contribution in [2.75, 3.05) is 18.4 Å². The van der Waals surface area contributed by atoms with Gasteiger partial charge < -0.3 is 5.32 Å². The molecule has 2 N–H and O–H groups in total. The van der Waals surface area contributed by atoms with Crippen LogP contribution in [0.25, 0.3) is 11.3 Å². The number of benzene rings is 1. The second-order valence-electron chi connectivity index (χ2n) is 6.72. The van der Waals surface area contributed by atoms with Gasteiger partial charge in [-0.2, -0.15) is 16.4 Å². The summed E-state index contributed by atoms with van der Waals surface area (Å²) in [6, 6.07) is 12.0. The number of carbonyl (C=O) groups excluding carboxylic acids is 1. The van der Waals surface area contributed by atoms with Crippen molar-refractivity contribution in [2.24, 2.45) is 5.92 Å². The molecule has 0 radical (unpaired) electrons. The molecule has 0 unspecified atom stereocenters. The molecule has 5 nitrogen and oxygen atoms in total. The number of nitrogens with one attached hydrogen (secondary N) is 2. The minimum absolute atomic E-state index is 0.0875. The topological polar surface area (TPSA) is 61.0 Å². The molecule has 4 rings (SSSR count). The van der Waals surface area contributed by atoms with Crippen molar-refractivity contribution in [2.45, 2.75) is 19.4 Å². The van der Waals surface area contributed by atoms with E-state index in [0.29, 0.717) is 0 Å². The maximum atomic E-state index is 12.6. The van der Waals surface area contributed by atoms with Crippen molar-refractivity contribution < 1.29 is 4.79 Å². The number of piperidine rings is 1. The highest BCUT2D eigenvalue weighted by atomic mass is 32.1. The van der Waals surface area contributed by atoms with Crippen molar-refractivity contribution in [3.8, 4) is 11.3 Å². The number of likely N-dealkylation sites (tertiary alicyclic amines) is 1. The van der Waals surface area contributed by atoms with Crippen LogP contribution in [0.5, 0.6) is 0 Å². The van der Waals surface area contributed by atoms with Crippen LogP contribution in [0.3, 0.4) is 0 Å². The Morgan fingerprint density at radius 1 is 1.27 bits per heavy atom. The summed E-state index contributed by atoms with van der Waals surface area (Å²) in [5.74, 6) is 0.214. The molecular formula is C20H22N4OS. The fourth-order valence-corrected chi connectivity index (χ4v) is 4.08. The van der Waals surface area contributed by atoms with Gasteiger partial charge >= 0.3 is 0 Å². The molecule has 0 aliphatic carbocycles. The maximum Gasteiger partial charge on any atom is 0.227 e. The summed E-state index contributed by atoms with van der Waals surface area (Å²) in [6.07, 6.45) is 3.55. The van der Waals surface area contributed by atoms with E-state index in [1.807, 2.05) is 30.3 Å². The number of carbonyl (C=O) groups is 1.